The minimum Gasteiger partial charge on any atom is -0.305 e. The van der Waals surface area contributed by atoms with Crippen molar-refractivity contribution >= 4 is 44.8 Å². The third kappa shape index (κ3) is 9.15. The van der Waals surface area contributed by atoms with Crippen molar-refractivity contribution in [1.82, 2.24) is 9.97 Å². The van der Waals surface area contributed by atoms with Gasteiger partial charge in [0, 0.05) is 37.2 Å². The van der Waals surface area contributed by atoms with E-state index in [-0.39, 0.29) is 25.5 Å². The summed E-state index contributed by atoms with van der Waals surface area (Å²) in [5, 5.41) is 4.13. The van der Waals surface area contributed by atoms with Gasteiger partial charge in [-0.1, -0.05) is 148 Å². The first-order chi connectivity index (χ1) is 25.0. The van der Waals surface area contributed by atoms with Crippen LogP contribution in [0.2, 0.25) is 19.6 Å². The van der Waals surface area contributed by atoms with E-state index in [0.717, 1.165) is 28.9 Å². The van der Waals surface area contributed by atoms with Crippen molar-refractivity contribution < 1.29 is 20.1 Å². The number of nitrogens with zero attached hydrogens (tertiary/aromatic N) is 2. The molecule has 0 atom stereocenters. The van der Waals surface area contributed by atoms with E-state index in [2.05, 4.69) is 144 Å². The van der Waals surface area contributed by atoms with E-state index in [0.29, 0.717) is 5.92 Å². The van der Waals surface area contributed by atoms with E-state index in [1.54, 1.807) is 0 Å². The predicted octanol–water partition coefficient (Wildman–Crippen LogP) is 13.3. The van der Waals surface area contributed by atoms with Crippen LogP contribution in [0.4, 0.5) is 0 Å². The van der Waals surface area contributed by atoms with Gasteiger partial charge in [-0.05, 0) is 69.4 Å². The second-order valence-corrected chi connectivity index (χ2v) is 22.6. The largest absolute Gasteiger partial charge is 0.305 e. The summed E-state index contributed by atoms with van der Waals surface area (Å²) in [7, 11) is -1.37. The predicted molar refractivity (Wildman–Crippen MR) is 227 cm³/mol. The second-order valence-electron chi connectivity index (χ2n) is 16.5. The van der Waals surface area contributed by atoms with E-state index < -0.39 is 8.07 Å². The van der Waals surface area contributed by atoms with Gasteiger partial charge in [-0.2, -0.15) is 11.3 Å². The Hall–Kier alpha value is -3.73. The molecule has 7 aromatic rings. The fourth-order valence-electron chi connectivity index (χ4n) is 7.67. The van der Waals surface area contributed by atoms with Crippen molar-refractivity contribution in [3.05, 3.63) is 139 Å². The fourth-order valence-corrected chi connectivity index (χ4v) is 10.5. The summed E-state index contributed by atoms with van der Waals surface area (Å²) in [4.78, 5) is 9.51. The normalized spacial score (nSPS) is 13.7. The molecule has 0 N–H and O–H groups in total. The topological polar surface area (TPSA) is 25.8 Å². The molecule has 0 amide bonds. The molecule has 3 aromatic heterocycles. The first kappa shape index (κ1) is 39.0. The van der Waals surface area contributed by atoms with Crippen LogP contribution in [0, 0.1) is 17.5 Å². The summed E-state index contributed by atoms with van der Waals surface area (Å²) in [6, 6.07) is 43.4. The van der Waals surface area contributed by atoms with Crippen molar-refractivity contribution in [1.29, 1.82) is 0 Å². The molecule has 3 heterocycles. The minimum atomic E-state index is -1.37. The SMILES string of the molecule is CC(C)(C)Cc1cc(-c2[c-]cccc2)ncc1[Si](C)(C)C.[Ir].[c-]1cc(-c2ccccc2)c2c(sc3ccccc32)c1-c1cc(C2CCCCC2)ccn1. The quantitative estimate of drug-likeness (QED) is 0.123. The molecule has 5 heteroatoms. The molecule has 2 nitrogen and oxygen atoms in total. The van der Waals surface area contributed by atoms with Crippen LogP contribution in [-0.4, -0.2) is 18.0 Å². The third-order valence-electron chi connectivity index (χ3n) is 10.2. The number of fused-ring (bicyclic) bond motifs is 3. The molecule has 8 rings (SSSR count). The maximum absolute atomic E-state index is 4.80. The van der Waals surface area contributed by atoms with Gasteiger partial charge in [0.25, 0.3) is 0 Å². The van der Waals surface area contributed by atoms with E-state index in [9.17, 15) is 0 Å². The van der Waals surface area contributed by atoms with E-state index in [4.69, 9.17) is 9.97 Å². The Morgan fingerprint density at radius 1 is 0.792 bits per heavy atom. The average Bonchev–Trinajstić information content (AvgIpc) is 3.55. The van der Waals surface area contributed by atoms with Crippen LogP contribution in [0.5, 0.6) is 0 Å². The standard InChI is InChI=1S/C29H24NS.C19H26NSi.Ir/c1-3-9-20(10-4-1)22-17-18-30-26(19-22)24-16-15-23(21-11-5-2-6-12-21)28-25-13-7-8-14-27(25)31-29(24)28;1-19(2,3)13-16-12-17(15-10-8-7-9-11-15)20-14-18(16)21(4,5)6;/h2,5-8,11-15,17-20H,1,3-4,9-10H2;7-10,12,14H,13H2,1-6H3;/q2*-1;. The van der Waals surface area contributed by atoms with Gasteiger partial charge in [0.1, 0.15) is 0 Å². The van der Waals surface area contributed by atoms with E-state index in [1.165, 1.54) is 79.7 Å². The Balaban J connectivity index is 0.000000193. The molecule has 0 bridgehead atoms. The molecule has 0 spiro atoms. The number of hydrogen-bond donors (Lipinski definition) is 0. The van der Waals surface area contributed by atoms with Crippen molar-refractivity contribution in [3.63, 3.8) is 0 Å². The maximum Gasteiger partial charge on any atom is 0.0798 e. The number of thiophene rings is 1. The number of pyridine rings is 2. The van der Waals surface area contributed by atoms with Crippen molar-refractivity contribution in [2.45, 2.75) is 84.9 Å². The van der Waals surface area contributed by atoms with Crippen molar-refractivity contribution in [3.8, 4) is 33.6 Å². The van der Waals surface area contributed by atoms with Gasteiger partial charge in [-0.25, -0.2) is 0 Å². The van der Waals surface area contributed by atoms with E-state index >= 15 is 0 Å². The molecule has 1 saturated carbocycles. The zero-order chi connectivity index (χ0) is 36.3. The zero-order valence-electron chi connectivity index (χ0n) is 31.9. The number of benzene rings is 4. The van der Waals surface area contributed by atoms with Crippen LogP contribution >= 0.6 is 11.3 Å². The molecule has 0 saturated heterocycles. The third-order valence-corrected chi connectivity index (χ3v) is 13.4. The molecule has 273 valence electrons. The van der Waals surface area contributed by atoms with Crippen LogP contribution in [-0.2, 0) is 26.5 Å². The molecule has 1 aliphatic rings. The summed E-state index contributed by atoms with van der Waals surface area (Å²) in [5.74, 6) is 0.678. The monoisotopic (exact) mass is 907 g/mol. The molecular weight excluding hydrogens is 857 g/mol. The summed E-state index contributed by atoms with van der Waals surface area (Å²) < 4.78 is 2.61. The Labute approximate surface area is 335 Å². The molecule has 1 aliphatic carbocycles. The van der Waals surface area contributed by atoms with Gasteiger partial charge in [0.2, 0.25) is 0 Å². The molecular formula is C48H50IrN2SSi-2. The summed E-state index contributed by atoms with van der Waals surface area (Å²) in [5.41, 5.74) is 9.98. The number of rotatable bonds is 6. The van der Waals surface area contributed by atoms with Gasteiger partial charge in [0.05, 0.1) is 8.07 Å². The number of aromatic nitrogens is 2. The molecule has 4 aromatic carbocycles. The van der Waals surface area contributed by atoms with Crippen molar-refractivity contribution in [2.75, 3.05) is 0 Å². The summed E-state index contributed by atoms with van der Waals surface area (Å²) in [6.45, 7) is 14.1. The van der Waals surface area contributed by atoms with Crippen LogP contribution in [0.25, 0.3) is 53.8 Å². The van der Waals surface area contributed by atoms with Crippen LogP contribution in [0.3, 0.4) is 0 Å². The van der Waals surface area contributed by atoms with Gasteiger partial charge in [-0.3, -0.25) is 0 Å². The molecule has 53 heavy (non-hydrogen) atoms. The Bertz CT molecular complexity index is 2280. The van der Waals surface area contributed by atoms with Crippen LogP contribution in [0.1, 0.15) is 69.9 Å². The Morgan fingerprint density at radius 3 is 2.25 bits per heavy atom. The molecule has 0 unspecified atom stereocenters. The zero-order valence-corrected chi connectivity index (χ0v) is 36.1. The maximum atomic E-state index is 4.80. The summed E-state index contributed by atoms with van der Waals surface area (Å²) in [6.07, 6.45) is 11.9. The van der Waals surface area contributed by atoms with Gasteiger partial charge in [-0.15, -0.1) is 53.6 Å². The molecule has 1 radical (unpaired) electrons. The molecule has 1 fully saturated rings. The van der Waals surface area contributed by atoms with Gasteiger partial charge >= 0.3 is 0 Å². The van der Waals surface area contributed by atoms with Crippen LogP contribution < -0.4 is 5.19 Å². The Morgan fingerprint density at radius 2 is 1.53 bits per heavy atom. The second kappa shape index (κ2) is 16.7. The smallest absolute Gasteiger partial charge is 0.0798 e. The van der Waals surface area contributed by atoms with E-state index in [1.807, 2.05) is 35.7 Å². The van der Waals surface area contributed by atoms with Gasteiger partial charge in [0.15, 0.2) is 0 Å². The average molecular weight is 907 g/mol. The first-order valence-electron chi connectivity index (χ1n) is 18.9. The summed E-state index contributed by atoms with van der Waals surface area (Å²) >= 11 is 1.86. The number of hydrogen-bond acceptors (Lipinski definition) is 3. The van der Waals surface area contributed by atoms with Gasteiger partial charge < -0.3 is 9.97 Å². The fraction of sp³-hybridized carbons (Fsp3) is 0.292. The van der Waals surface area contributed by atoms with Crippen molar-refractivity contribution in [2.24, 2.45) is 5.41 Å². The van der Waals surface area contributed by atoms with Crippen LogP contribution in [0.15, 0.2) is 116 Å². The molecule has 0 aliphatic heterocycles. The minimum absolute atomic E-state index is 0. The first-order valence-corrected chi connectivity index (χ1v) is 23.2. The Kier molecular flexibility index (Phi) is 12.3.